The van der Waals surface area contributed by atoms with Gasteiger partial charge in [-0.2, -0.15) is 0 Å². The van der Waals surface area contributed by atoms with Crippen LogP contribution in [0.2, 0.25) is 0 Å². The molecule has 4 rings (SSSR count). The average molecular weight is 351 g/mol. The molecule has 26 heavy (non-hydrogen) atoms. The van der Waals surface area contributed by atoms with Gasteiger partial charge in [0.2, 0.25) is 0 Å². The minimum Gasteiger partial charge on any atom is -0.489 e. The van der Waals surface area contributed by atoms with Gasteiger partial charge in [-0.25, -0.2) is 8.78 Å². The summed E-state index contributed by atoms with van der Waals surface area (Å²) in [7, 11) is 0. The molecule has 132 valence electrons. The van der Waals surface area contributed by atoms with Crippen LogP contribution >= 0.6 is 0 Å². The predicted octanol–water partition coefficient (Wildman–Crippen LogP) is 4.78. The van der Waals surface area contributed by atoms with Gasteiger partial charge in [-0.05, 0) is 41.3 Å². The number of rotatable bonds is 4. The Morgan fingerprint density at radius 1 is 0.923 bits per heavy atom. The first-order chi connectivity index (χ1) is 12.7. The van der Waals surface area contributed by atoms with Gasteiger partial charge in [0.25, 0.3) is 0 Å². The lowest BCUT2D eigenvalue weighted by Crippen LogP contribution is -2.31. The van der Waals surface area contributed by atoms with E-state index in [1.54, 1.807) is 0 Å². The lowest BCUT2D eigenvalue weighted by atomic mass is 9.89. The highest BCUT2D eigenvalue weighted by atomic mass is 19.1. The van der Waals surface area contributed by atoms with Crippen LogP contribution in [0.25, 0.3) is 0 Å². The van der Waals surface area contributed by atoms with E-state index in [-0.39, 0.29) is 6.04 Å². The van der Waals surface area contributed by atoms with Gasteiger partial charge in [-0.1, -0.05) is 42.5 Å². The van der Waals surface area contributed by atoms with Crippen LogP contribution in [0.5, 0.6) is 5.75 Å². The molecule has 0 radical (unpaired) electrons. The lowest BCUT2D eigenvalue weighted by Gasteiger charge is -2.28. The fourth-order valence-electron chi connectivity index (χ4n) is 3.39. The number of ether oxygens (including phenoxy) is 1. The Morgan fingerprint density at radius 3 is 2.54 bits per heavy atom. The summed E-state index contributed by atoms with van der Waals surface area (Å²) >= 11 is 0. The summed E-state index contributed by atoms with van der Waals surface area (Å²) in [5, 5.41) is 3.33. The molecule has 0 bridgehead atoms. The van der Waals surface area contributed by atoms with Crippen molar-refractivity contribution in [2.24, 2.45) is 0 Å². The maximum atomic E-state index is 14.2. The first-order valence-corrected chi connectivity index (χ1v) is 8.68. The topological polar surface area (TPSA) is 21.3 Å². The van der Waals surface area contributed by atoms with Gasteiger partial charge in [0.15, 0.2) is 0 Å². The van der Waals surface area contributed by atoms with Crippen LogP contribution < -0.4 is 10.1 Å². The Hall–Kier alpha value is -2.72. The summed E-state index contributed by atoms with van der Waals surface area (Å²) < 4.78 is 33.3. The maximum Gasteiger partial charge on any atom is 0.131 e. The fraction of sp³-hybridized carbons (Fsp3) is 0.182. The van der Waals surface area contributed by atoms with Crippen LogP contribution in [0.3, 0.4) is 0 Å². The Kier molecular flexibility index (Phi) is 4.67. The molecule has 0 aromatic heterocycles. The number of halogens is 2. The molecule has 0 fully saturated rings. The quantitative estimate of drug-likeness (QED) is 0.730. The van der Waals surface area contributed by atoms with E-state index in [9.17, 15) is 8.78 Å². The van der Waals surface area contributed by atoms with E-state index in [4.69, 9.17) is 4.74 Å². The summed E-state index contributed by atoms with van der Waals surface area (Å²) in [4.78, 5) is 0. The van der Waals surface area contributed by atoms with Gasteiger partial charge < -0.3 is 10.1 Å². The molecule has 1 aliphatic heterocycles. The van der Waals surface area contributed by atoms with Crippen molar-refractivity contribution >= 4 is 0 Å². The van der Waals surface area contributed by atoms with E-state index in [1.165, 1.54) is 12.1 Å². The molecule has 1 aliphatic rings. The molecule has 2 nitrogen and oxygen atoms in total. The van der Waals surface area contributed by atoms with E-state index in [0.29, 0.717) is 12.2 Å². The summed E-state index contributed by atoms with van der Waals surface area (Å²) in [5.41, 5.74) is 3.71. The molecule has 1 heterocycles. The minimum absolute atomic E-state index is 0.275. The third-order valence-electron chi connectivity index (χ3n) is 4.69. The maximum absolute atomic E-state index is 14.2. The van der Waals surface area contributed by atoms with Crippen molar-refractivity contribution in [3.8, 4) is 5.75 Å². The van der Waals surface area contributed by atoms with Crippen molar-refractivity contribution in [1.29, 1.82) is 0 Å². The molecule has 0 spiro atoms. The van der Waals surface area contributed by atoms with Crippen molar-refractivity contribution in [1.82, 2.24) is 5.32 Å². The largest absolute Gasteiger partial charge is 0.489 e. The third kappa shape index (κ3) is 3.46. The zero-order chi connectivity index (χ0) is 17.9. The van der Waals surface area contributed by atoms with Gasteiger partial charge in [0.05, 0.1) is 6.04 Å². The molecule has 0 saturated heterocycles. The van der Waals surface area contributed by atoms with Crippen LogP contribution in [0.1, 0.15) is 28.3 Å². The van der Waals surface area contributed by atoms with Crippen molar-refractivity contribution in [3.63, 3.8) is 0 Å². The van der Waals surface area contributed by atoms with E-state index < -0.39 is 11.6 Å². The first kappa shape index (κ1) is 16.7. The molecule has 1 N–H and O–H groups in total. The van der Waals surface area contributed by atoms with E-state index in [1.807, 2.05) is 48.5 Å². The summed E-state index contributed by atoms with van der Waals surface area (Å²) in [5.74, 6) is -0.292. The van der Waals surface area contributed by atoms with Crippen molar-refractivity contribution in [3.05, 3.63) is 101 Å². The van der Waals surface area contributed by atoms with E-state index >= 15 is 0 Å². The van der Waals surface area contributed by atoms with Crippen LogP contribution in [0, 0.1) is 11.6 Å². The normalized spacial score (nSPS) is 16.2. The molecule has 1 atom stereocenters. The van der Waals surface area contributed by atoms with Gasteiger partial charge in [0, 0.05) is 18.2 Å². The van der Waals surface area contributed by atoms with Gasteiger partial charge in [0.1, 0.15) is 24.0 Å². The third-order valence-corrected chi connectivity index (χ3v) is 4.69. The Balaban J connectivity index is 1.57. The number of nitrogens with one attached hydrogen (secondary N) is 1. The zero-order valence-electron chi connectivity index (χ0n) is 14.2. The summed E-state index contributed by atoms with van der Waals surface area (Å²) in [6, 6.07) is 19.4. The lowest BCUT2D eigenvalue weighted by molar-refractivity contribution is 0.305. The molecular formula is C22H19F2NO. The van der Waals surface area contributed by atoms with E-state index in [0.717, 1.165) is 41.5 Å². The second-order valence-electron chi connectivity index (χ2n) is 6.44. The second-order valence-corrected chi connectivity index (χ2v) is 6.44. The van der Waals surface area contributed by atoms with Crippen LogP contribution in [-0.4, -0.2) is 6.54 Å². The van der Waals surface area contributed by atoms with Crippen LogP contribution in [0.15, 0.2) is 66.7 Å². The number of hydrogen-bond acceptors (Lipinski definition) is 2. The standard InChI is InChI=1S/C22H19F2NO/c23-17-6-8-20(21(24)13-17)22-19-9-7-18(12-16(19)10-11-25-22)26-14-15-4-2-1-3-5-15/h1-9,12-13,22,25H,10-11,14H2. The highest BCUT2D eigenvalue weighted by molar-refractivity contribution is 5.44. The zero-order valence-corrected chi connectivity index (χ0v) is 14.2. The minimum atomic E-state index is -0.563. The SMILES string of the molecule is Fc1ccc(C2NCCc3cc(OCc4ccccc4)ccc32)c(F)c1. The highest BCUT2D eigenvalue weighted by Crippen LogP contribution is 2.32. The van der Waals surface area contributed by atoms with E-state index in [2.05, 4.69) is 5.32 Å². The van der Waals surface area contributed by atoms with Gasteiger partial charge in [-0.15, -0.1) is 0 Å². The summed E-state index contributed by atoms with van der Waals surface area (Å²) in [6.45, 7) is 1.24. The highest BCUT2D eigenvalue weighted by Gasteiger charge is 2.24. The Labute approximate surface area is 151 Å². The molecule has 0 amide bonds. The average Bonchev–Trinajstić information content (AvgIpc) is 2.67. The predicted molar refractivity (Wildman–Crippen MR) is 97.1 cm³/mol. The number of hydrogen-bond donors (Lipinski definition) is 1. The van der Waals surface area contributed by atoms with Crippen LogP contribution in [-0.2, 0) is 13.0 Å². The van der Waals surface area contributed by atoms with Crippen molar-refractivity contribution < 1.29 is 13.5 Å². The van der Waals surface area contributed by atoms with Crippen LogP contribution in [0.4, 0.5) is 8.78 Å². The van der Waals surface area contributed by atoms with Crippen molar-refractivity contribution in [2.75, 3.05) is 6.54 Å². The summed E-state index contributed by atoms with van der Waals surface area (Å²) in [6.07, 6.45) is 0.844. The molecule has 1 unspecified atom stereocenters. The molecule has 4 heteroatoms. The monoisotopic (exact) mass is 351 g/mol. The van der Waals surface area contributed by atoms with Gasteiger partial charge in [-0.3, -0.25) is 0 Å². The van der Waals surface area contributed by atoms with Crippen molar-refractivity contribution in [2.45, 2.75) is 19.1 Å². The number of fused-ring (bicyclic) bond motifs is 1. The second kappa shape index (κ2) is 7.26. The molecule has 3 aromatic carbocycles. The van der Waals surface area contributed by atoms with Gasteiger partial charge >= 0.3 is 0 Å². The first-order valence-electron chi connectivity index (χ1n) is 8.68. The molecular weight excluding hydrogens is 332 g/mol. The Morgan fingerprint density at radius 2 is 1.73 bits per heavy atom. The Bertz CT molecular complexity index is 911. The molecule has 0 aliphatic carbocycles. The smallest absolute Gasteiger partial charge is 0.131 e. The number of benzene rings is 3. The molecule has 0 saturated carbocycles. The molecule has 3 aromatic rings. The fourth-order valence-corrected chi connectivity index (χ4v) is 3.39.